The molecule has 7 nitrogen and oxygen atoms in total. The average molecular weight is 337 g/mol. The van der Waals surface area contributed by atoms with E-state index in [1.165, 1.54) is 24.7 Å². The Morgan fingerprint density at radius 2 is 2.00 bits per heavy atom. The Balaban J connectivity index is 2.46. The van der Waals surface area contributed by atoms with E-state index in [1.807, 2.05) is 4.72 Å². The molecule has 0 aliphatic carbocycles. The topological polar surface area (TPSA) is 92.7 Å². The van der Waals surface area contributed by atoms with Crippen molar-refractivity contribution in [2.24, 2.45) is 0 Å². The van der Waals surface area contributed by atoms with E-state index < -0.39 is 27.6 Å². The normalized spacial score (nSPS) is 12.6. The number of hydrogen-bond acceptors (Lipinski definition) is 4. The SMILES string of the molecule is CCn1cc(S(=O)(=O)Nc2c(C(F)(F)F)n[nH]c2C)c(C)n1. The van der Waals surface area contributed by atoms with Crippen molar-refractivity contribution in [1.82, 2.24) is 20.0 Å². The summed E-state index contributed by atoms with van der Waals surface area (Å²) in [6.45, 7) is 4.96. The van der Waals surface area contributed by atoms with E-state index in [0.717, 1.165) is 0 Å². The summed E-state index contributed by atoms with van der Waals surface area (Å²) in [5, 5.41) is 9.21. The molecule has 0 unspecified atom stereocenters. The van der Waals surface area contributed by atoms with Crippen LogP contribution < -0.4 is 4.72 Å². The van der Waals surface area contributed by atoms with Crippen LogP contribution in [0.25, 0.3) is 0 Å². The van der Waals surface area contributed by atoms with Gasteiger partial charge in [0, 0.05) is 12.7 Å². The lowest BCUT2D eigenvalue weighted by Crippen LogP contribution is -2.17. The minimum atomic E-state index is -4.77. The van der Waals surface area contributed by atoms with Crippen molar-refractivity contribution in [2.45, 2.75) is 38.4 Å². The largest absolute Gasteiger partial charge is 0.437 e. The van der Waals surface area contributed by atoms with Gasteiger partial charge in [-0.15, -0.1) is 0 Å². The second kappa shape index (κ2) is 5.30. The number of rotatable bonds is 4. The zero-order valence-corrected chi connectivity index (χ0v) is 12.8. The number of nitrogens with zero attached hydrogens (tertiary/aromatic N) is 3. The number of sulfonamides is 1. The van der Waals surface area contributed by atoms with Gasteiger partial charge < -0.3 is 0 Å². The smallest absolute Gasteiger partial charge is 0.280 e. The summed E-state index contributed by atoms with van der Waals surface area (Å²) < 4.78 is 66.5. The molecule has 0 fully saturated rings. The number of aromatic nitrogens is 4. The second-order valence-electron chi connectivity index (χ2n) is 4.61. The lowest BCUT2D eigenvalue weighted by molar-refractivity contribution is -0.140. The molecule has 0 bridgehead atoms. The molecule has 0 aliphatic rings. The first-order valence-electron chi connectivity index (χ1n) is 6.25. The van der Waals surface area contributed by atoms with Crippen molar-refractivity contribution in [2.75, 3.05) is 4.72 Å². The molecular formula is C11H14F3N5O2S. The van der Waals surface area contributed by atoms with E-state index in [4.69, 9.17) is 0 Å². The molecule has 2 rings (SSSR count). The first-order valence-corrected chi connectivity index (χ1v) is 7.73. The maximum absolute atomic E-state index is 12.8. The number of anilines is 1. The van der Waals surface area contributed by atoms with Gasteiger partial charge in [-0.3, -0.25) is 14.5 Å². The van der Waals surface area contributed by atoms with E-state index >= 15 is 0 Å². The van der Waals surface area contributed by atoms with Gasteiger partial charge in [-0.25, -0.2) is 8.42 Å². The van der Waals surface area contributed by atoms with Crippen LogP contribution >= 0.6 is 0 Å². The highest BCUT2D eigenvalue weighted by Crippen LogP contribution is 2.35. The van der Waals surface area contributed by atoms with Crippen LogP contribution in [0.3, 0.4) is 0 Å². The second-order valence-corrected chi connectivity index (χ2v) is 6.26. The van der Waals surface area contributed by atoms with Crippen molar-refractivity contribution in [3.05, 3.63) is 23.3 Å². The Kier molecular flexibility index (Phi) is 3.94. The fourth-order valence-electron chi connectivity index (χ4n) is 1.87. The van der Waals surface area contributed by atoms with Gasteiger partial charge in [0.25, 0.3) is 10.0 Å². The van der Waals surface area contributed by atoms with Gasteiger partial charge in [0.05, 0.1) is 11.4 Å². The van der Waals surface area contributed by atoms with E-state index in [2.05, 4.69) is 15.3 Å². The molecule has 0 radical (unpaired) electrons. The van der Waals surface area contributed by atoms with Crippen LogP contribution in [0.5, 0.6) is 0 Å². The first-order chi connectivity index (χ1) is 10.1. The number of aryl methyl sites for hydroxylation is 3. The maximum Gasteiger partial charge on any atom is 0.437 e. The summed E-state index contributed by atoms with van der Waals surface area (Å²) in [7, 11) is -4.20. The molecule has 11 heteroatoms. The summed E-state index contributed by atoms with van der Waals surface area (Å²) >= 11 is 0. The predicted octanol–water partition coefficient (Wildman–Crippen LogP) is 2.06. The lowest BCUT2D eigenvalue weighted by Gasteiger charge is -2.10. The molecule has 2 N–H and O–H groups in total. The Hall–Kier alpha value is -2.04. The van der Waals surface area contributed by atoms with Gasteiger partial charge >= 0.3 is 6.18 Å². The number of H-pyrrole nitrogens is 1. The van der Waals surface area contributed by atoms with E-state index in [1.54, 1.807) is 6.92 Å². The molecule has 2 heterocycles. The summed E-state index contributed by atoms with van der Waals surface area (Å²) in [5.74, 6) is 0. The summed E-state index contributed by atoms with van der Waals surface area (Å²) in [4.78, 5) is -0.178. The van der Waals surface area contributed by atoms with E-state index in [9.17, 15) is 21.6 Å². The van der Waals surface area contributed by atoms with Gasteiger partial charge in [0.1, 0.15) is 10.6 Å². The molecule has 122 valence electrons. The van der Waals surface area contributed by atoms with E-state index in [-0.39, 0.29) is 16.3 Å². The molecule has 0 saturated carbocycles. The number of alkyl halides is 3. The predicted molar refractivity (Wildman–Crippen MR) is 71.8 cm³/mol. The molecule has 0 atom stereocenters. The molecule has 2 aromatic rings. The van der Waals surface area contributed by atoms with Crippen LogP contribution in [0.1, 0.15) is 24.0 Å². The zero-order chi connectivity index (χ0) is 16.7. The van der Waals surface area contributed by atoms with Crippen LogP contribution in [-0.2, 0) is 22.7 Å². The Morgan fingerprint density at radius 3 is 2.50 bits per heavy atom. The highest BCUT2D eigenvalue weighted by Gasteiger charge is 2.39. The van der Waals surface area contributed by atoms with Crippen molar-refractivity contribution in [3.8, 4) is 0 Å². The van der Waals surface area contributed by atoms with Crippen LogP contribution in [0.4, 0.5) is 18.9 Å². The van der Waals surface area contributed by atoms with Crippen molar-refractivity contribution in [3.63, 3.8) is 0 Å². The van der Waals surface area contributed by atoms with Crippen molar-refractivity contribution in [1.29, 1.82) is 0 Å². The number of aromatic amines is 1. The van der Waals surface area contributed by atoms with Gasteiger partial charge in [-0.05, 0) is 20.8 Å². The Morgan fingerprint density at radius 1 is 1.36 bits per heavy atom. The van der Waals surface area contributed by atoms with Gasteiger partial charge in [-0.1, -0.05) is 0 Å². The molecule has 0 spiro atoms. The lowest BCUT2D eigenvalue weighted by atomic mass is 10.3. The third kappa shape index (κ3) is 2.93. The standard InChI is InChI=1S/C11H14F3N5O2S/c1-4-19-5-8(6(2)17-19)22(20,21)18-9-7(3)15-16-10(9)11(12,13)14/h5,18H,4H2,1-3H3,(H,15,16). The summed E-state index contributed by atoms with van der Waals surface area (Å²) in [6.07, 6.45) is -3.51. The molecular weight excluding hydrogens is 323 g/mol. The van der Waals surface area contributed by atoms with Gasteiger partial charge in [-0.2, -0.15) is 23.4 Å². The third-order valence-electron chi connectivity index (χ3n) is 2.97. The number of hydrogen-bond donors (Lipinski definition) is 2. The highest BCUT2D eigenvalue weighted by molar-refractivity contribution is 7.92. The molecule has 2 aromatic heterocycles. The van der Waals surface area contributed by atoms with E-state index in [0.29, 0.717) is 6.54 Å². The summed E-state index contributed by atoms with van der Waals surface area (Å²) in [6, 6.07) is 0. The first kappa shape index (κ1) is 16.3. The average Bonchev–Trinajstić information content (AvgIpc) is 2.93. The monoisotopic (exact) mass is 337 g/mol. The third-order valence-corrected chi connectivity index (χ3v) is 4.42. The van der Waals surface area contributed by atoms with Gasteiger partial charge in [0.2, 0.25) is 0 Å². The minimum absolute atomic E-state index is 0.0311. The van der Waals surface area contributed by atoms with Crippen LogP contribution in [0.2, 0.25) is 0 Å². The molecule has 0 aromatic carbocycles. The fourth-order valence-corrected chi connectivity index (χ4v) is 3.19. The van der Waals surface area contributed by atoms with Crippen LogP contribution in [0, 0.1) is 13.8 Å². The van der Waals surface area contributed by atoms with Crippen molar-refractivity contribution >= 4 is 15.7 Å². The summed E-state index contributed by atoms with van der Waals surface area (Å²) in [5.41, 5.74) is -1.76. The van der Waals surface area contributed by atoms with Crippen molar-refractivity contribution < 1.29 is 21.6 Å². The number of nitrogens with one attached hydrogen (secondary N) is 2. The van der Waals surface area contributed by atoms with Crippen LogP contribution in [0.15, 0.2) is 11.1 Å². The Labute approximate surface area is 124 Å². The Bertz CT molecular complexity index is 791. The fraction of sp³-hybridized carbons (Fsp3) is 0.455. The van der Waals surface area contributed by atoms with Gasteiger partial charge in [0.15, 0.2) is 5.69 Å². The highest BCUT2D eigenvalue weighted by atomic mass is 32.2. The maximum atomic E-state index is 12.8. The molecule has 0 amide bonds. The quantitative estimate of drug-likeness (QED) is 0.893. The minimum Gasteiger partial charge on any atom is -0.280 e. The molecule has 0 aliphatic heterocycles. The number of halogens is 3. The zero-order valence-electron chi connectivity index (χ0n) is 12.0. The molecule has 0 saturated heterocycles. The van der Waals surface area contributed by atoms with Crippen LogP contribution in [-0.4, -0.2) is 28.4 Å². The molecule has 22 heavy (non-hydrogen) atoms.